The molecule has 2 heterocycles. The Morgan fingerprint density at radius 1 is 1.13 bits per heavy atom. The van der Waals surface area contributed by atoms with Crippen molar-refractivity contribution in [2.24, 2.45) is 0 Å². The number of anilines is 1. The number of amides is 3. The van der Waals surface area contributed by atoms with Crippen LogP contribution in [0.3, 0.4) is 0 Å². The number of imide groups is 1. The number of hydrogen-bond acceptors (Lipinski definition) is 5. The first-order chi connectivity index (χ1) is 14.5. The maximum Gasteiger partial charge on any atom is 0.261 e. The van der Waals surface area contributed by atoms with E-state index in [0.717, 1.165) is 18.6 Å². The van der Waals surface area contributed by atoms with E-state index in [0.29, 0.717) is 29.2 Å². The van der Waals surface area contributed by atoms with Crippen molar-refractivity contribution in [3.05, 3.63) is 64.7 Å². The van der Waals surface area contributed by atoms with Crippen molar-refractivity contribution in [1.82, 2.24) is 4.90 Å². The van der Waals surface area contributed by atoms with Crippen LogP contribution in [0.25, 0.3) is 0 Å². The highest BCUT2D eigenvalue weighted by atomic mass is 32.2. The number of thioether (sulfide) groups is 1. The predicted octanol–water partition coefficient (Wildman–Crippen LogP) is 3.64. The lowest BCUT2D eigenvalue weighted by molar-refractivity contribution is -0.113. The van der Waals surface area contributed by atoms with Crippen LogP contribution in [0.5, 0.6) is 0 Å². The molecule has 0 spiro atoms. The van der Waals surface area contributed by atoms with E-state index in [4.69, 9.17) is 4.74 Å². The van der Waals surface area contributed by atoms with Crippen LogP contribution in [0, 0.1) is 6.92 Å². The van der Waals surface area contributed by atoms with E-state index in [1.807, 2.05) is 6.92 Å². The van der Waals surface area contributed by atoms with Crippen LogP contribution >= 0.6 is 11.8 Å². The van der Waals surface area contributed by atoms with Gasteiger partial charge in [-0.3, -0.25) is 19.3 Å². The van der Waals surface area contributed by atoms with Crippen molar-refractivity contribution >= 4 is 35.2 Å². The SMILES string of the molecule is Cc1ccc(CSCC(=O)Nc2ccc3c(c2)C(=O)N(CC2CCCO2)C3=O)cc1. The third-order valence-electron chi connectivity index (χ3n) is 5.29. The first-order valence-corrected chi connectivity index (χ1v) is 11.2. The summed E-state index contributed by atoms with van der Waals surface area (Å²) in [6.45, 7) is 3.00. The number of nitrogens with one attached hydrogen (secondary N) is 1. The van der Waals surface area contributed by atoms with Gasteiger partial charge in [-0.15, -0.1) is 11.8 Å². The first kappa shape index (κ1) is 20.6. The monoisotopic (exact) mass is 424 g/mol. The molecule has 0 aliphatic carbocycles. The van der Waals surface area contributed by atoms with E-state index in [1.165, 1.54) is 27.8 Å². The first-order valence-electron chi connectivity index (χ1n) is 10.1. The molecule has 4 rings (SSSR count). The number of rotatable bonds is 7. The van der Waals surface area contributed by atoms with Crippen molar-refractivity contribution in [1.29, 1.82) is 0 Å². The fourth-order valence-electron chi connectivity index (χ4n) is 3.67. The van der Waals surface area contributed by atoms with E-state index in [-0.39, 0.29) is 30.4 Å². The zero-order valence-electron chi connectivity index (χ0n) is 16.8. The highest BCUT2D eigenvalue weighted by Crippen LogP contribution is 2.27. The Kier molecular flexibility index (Phi) is 6.20. The number of nitrogens with zero attached hydrogens (tertiary/aromatic N) is 1. The van der Waals surface area contributed by atoms with Crippen molar-refractivity contribution < 1.29 is 19.1 Å². The average Bonchev–Trinajstić information content (AvgIpc) is 3.33. The molecule has 2 aliphatic rings. The highest BCUT2D eigenvalue weighted by Gasteiger charge is 2.37. The fraction of sp³-hybridized carbons (Fsp3) is 0.348. The summed E-state index contributed by atoms with van der Waals surface area (Å²) in [5, 5.41) is 2.82. The van der Waals surface area contributed by atoms with Gasteiger partial charge in [-0.1, -0.05) is 29.8 Å². The molecule has 0 saturated carbocycles. The van der Waals surface area contributed by atoms with Gasteiger partial charge in [0.25, 0.3) is 11.8 Å². The predicted molar refractivity (Wildman–Crippen MR) is 117 cm³/mol. The molecule has 7 heteroatoms. The van der Waals surface area contributed by atoms with Crippen LogP contribution in [0.15, 0.2) is 42.5 Å². The Morgan fingerprint density at radius 2 is 1.90 bits per heavy atom. The molecule has 0 radical (unpaired) electrons. The summed E-state index contributed by atoms with van der Waals surface area (Å²) in [7, 11) is 0. The molecular weight excluding hydrogens is 400 g/mol. The van der Waals surface area contributed by atoms with E-state index < -0.39 is 0 Å². The molecule has 1 atom stereocenters. The summed E-state index contributed by atoms with van der Waals surface area (Å²) < 4.78 is 5.56. The van der Waals surface area contributed by atoms with Gasteiger partial charge < -0.3 is 10.1 Å². The lowest BCUT2D eigenvalue weighted by Gasteiger charge is -2.17. The van der Waals surface area contributed by atoms with Gasteiger partial charge >= 0.3 is 0 Å². The third kappa shape index (κ3) is 4.57. The van der Waals surface area contributed by atoms with Crippen LogP contribution < -0.4 is 5.32 Å². The standard InChI is InChI=1S/C23H24N2O4S/c1-15-4-6-16(7-5-15)13-30-14-21(26)24-17-8-9-19-20(11-17)23(28)25(22(19)27)12-18-3-2-10-29-18/h4-9,11,18H,2-3,10,12-14H2,1H3,(H,24,26). The molecule has 0 aromatic heterocycles. The second kappa shape index (κ2) is 9.02. The van der Waals surface area contributed by atoms with Crippen molar-refractivity contribution in [3.63, 3.8) is 0 Å². The minimum Gasteiger partial charge on any atom is -0.376 e. The average molecular weight is 425 g/mol. The van der Waals surface area contributed by atoms with E-state index in [9.17, 15) is 14.4 Å². The molecule has 6 nitrogen and oxygen atoms in total. The van der Waals surface area contributed by atoms with Crippen molar-refractivity contribution in [2.75, 3.05) is 24.2 Å². The number of ether oxygens (including phenoxy) is 1. The zero-order chi connectivity index (χ0) is 21.1. The van der Waals surface area contributed by atoms with Crippen molar-refractivity contribution in [3.8, 4) is 0 Å². The van der Waals surface area contributed by atoms with Crippen LogP contribution in [-0.4, -0.2) is 47.6 Å². The van der Waals surface area contributed by atoms with Crippen LogP contribution in [0.4, 0.5) is 5.69 Å². The smallest absolute Gasteiger partial charge is 0.261 e. The molecule has 1 fully saturated rings. The van der Waals surface area contributed by atoms with Gasteiger partial charge in [0.1, 0.15) is 0 Å². The van der Waals surface area contributed by atoms with E-state index >= 15 is 0 Å². The second-order valence-corrected chi connectivity index (χ2v) is 8.63. The van der Waals surface area contributed by atoms with E-state index in [2.05, 4.69) is 29.6 Å². The third-order valence-corrected chi connectivity index (χ3v) is 6.29. The Labute approximate surface area is 180 Å². The molecule has 2 aromatic rings. The van der Waals surface area contributed by atoms with Crippen LogP contribution in [-0.2, 0) is 15.3 Å². The van der Waals surface area contributed by atoms with Gasteiger partial charge in [0.2, 0.25) is 5.91 Å². The maximum absolute atomic E-state index is 12.7. The van der Waals surface area contributed by atoms with Gasteiger partial charge in [0.15, 0.2) is 0 Å². The molecule has 2 aromatic carbocycles. The zero-order valence-corrected chi connectivity index (χ0v) is 17.7. The highest BCUT2D eigenvalue weighted by molar-refractivity contribution is 7.99. The van der Waals surface area contributed by atoms with Crippen molar-refractivity contribution in [2.45, 2.75) is 31.6 Å². The van der Waals surface area contributed by atoms with Crippen LogP contribution in [0.2, 0.25) is 0 Å². The lowest BCUT2D eigenvalue weighted by atomic mass is 10.1. The molecule has 3 amide bonds. The van der Waals surface area contributed by atoms with E-state index in [1.54, 1.807) is 18.2 Å². The normalized spacial score (nSPS) is 18.0. The van der Waals surface area contributed by atoms with Gasteiger partial charge in [0, 0.05) is 18.0 Å². The maximum atomic E-state index is 12.7. The van der Waals surface area contributed by atoms with Crippen LogP contribution in [0.1, 0.15) is 44.7 Å². The summed E-state index contributed by atoms with van der Waals surface area (Å²) in [6.07, 6.45) is 1.72. The number of carbonyl (C=O) groups is 3. The second-order valence-electron chi connectivity index (χ2n) is 7.64. The summed E-state index contributed by atoms with van der Waals surface area (Å²) in [6, 6.07) is 13.1. The molecule has 2 aliphatic heterocycles. The molecule has 1 unspecified atom stereocenters. The number of aryl methyl sites for hydroxylation is 1. The molecule has 156 valence electrons. The largest absolute Gasteiger partial charge is 0.376 e. The Morgan fingerprint density at radius 3 is 2.63 bits per heavy atom. The summed E-state index contributed by atoms with van der Waals surface area (Å²) in [5.74, 6) is 0.305. The number of benzene rings is 2. The summed E-state index contributed by atoms with van der Waals surface area (Å²) in [4.78, 5) is 38.8. The Balaban J connectivity index is 1.33. The minimum atomic E-state index is -0.324. The van der Waals surface area contributed by atoms with Gasteiger partial charge in [-0.2, -0.15) is 0 Å². The quantitative estimate of drug-likeness (QED) is 0.687. The Hall–Kier alpha value is -2.64. The molecule has 1 saturated heterocycles. The van der Waals surface area contributed by atoms with Gasteiger partial charge in [-0.05, 0) is 43.5 Å². The Bertz CT molecular complexity index is 968. The molecular formula is C23H24N2O4S. The number of carbonyl (C=O) groups excluding carboxylic acids is 3. The number of fused-ring (bicyclic) bond motifs is 1. The molecule has 1 N–H and O–H groups in total. The van der Waals surface area contributed by atoms with Gasteiger partial charge in [0.05, 0.1) is 29.5 Å². The number of hydrogen-bond donors (Lipinski definition) is 1. The topological polar surface area (TPSA) is 75.7 Å². The molecule has 30 heavy (non-hydrogen) atoms. The minimum absolute atomic E-state index is 0.0862. The summed E-state index contributed by atoms with van der Waals surface area (Å²) >= 11 is 1.53. The van der Waals surface area contributed by atoms with Gasteiger partial charge in [-0.25, -0.2) is 0 Å². The lowest BCUT2D eigenvalue weighted by Crippen LogP contribution is -2.36. The molecule has 0 bridgehead atoms. The summed E-state index contributed by atoms with van der Waals surface area (Å²) in [5.41, 5.74) is 3.62. The fourth-order valence-corrected chi connectivity index (χ4v) is 4.46.